The van der Waals surface area contributed by atoms with Gasteiger partial charge in [0.15, 0.2) is 0 Å². The molecule has 0 amide bonds. The van der Waals surface area contributed by atoms with Crippen molar-refractivity contribution in [3.63, 3.8) is 0 Å². The minimum absolute atomic E-state index is 0.259. The van der Waals surface area contributed by atoms with E-state index in [9.17, 15) is 4.39 Å². The van der Waals surface area contributed by atoms with E-state index in [2.05, 4.69) is 20.9 Å². The van der Waals surface area contributed by atoms with Crippen molar-refractivity contribution in [2.24, 2.45) is 0 Å². The Morgan fingerprint density at radius 3 is 2.92 bits per heavy atom. The summed E-state index contributed by atoms with van der Waals surface area (Å²) in [4.78, 5) is 4.02. The number of fused-ring (bicyclic) bond motifs is 1. The van der Waals surface area contributed by atoms with E-state index in [1.807, 2.05) is 18.2 Å². The average molecular weight is 240 g/mol. The maximum absolute atomic E-state index is 13.1. The summed E-state index contributed by atoms with van der Waals surface area (Å²) in [5.41, 5.74) is 1.45. The second-order valence-electron chi connectivity index (χ2n) is 2.87. The van der Waals surface area contributed by atoms with Crippen molar-refractivity contribution in [2.75, 3.05) is 0 Å². The van der Waals surface area contributed by atoms with Gasteiger partial charge in [0.1, 0.15) is 5.82 Å². The molecule has 0 spiro atoms. The molecule has 0 bridgehead atoms. The molecular weight excluding hydrogens is 233 g/mol. The van der Waals surface area contributed by atoms with Gasteiger partial charge in [0, 0.05) is 9.86 Å². The van der Waals surface area contributed by atoms with Crippen molar-refractivity contribution in [2.45, 2.75) is 6.92 Å². The van der Waals surface area contributed by atoms with Crippen LogP contribution in [0.5, 0.6) is 0 Å². The minimum atomic E-state index is -0.259. The molecule has 2 aromatic rings. The molecule has 0 aliphatic heterocycles. The van der Waals surface area contributed by atoms with E-state index >= 15 is 0 Å². The number of halogens is 2. The molecule has 1 heterocycles. The molecule has 0 saturated heterocycles. The van der Waals surface area contributed by atoms with Gasteiger partial charge in [-0.2, -0.15) is 0 Å². The fraction of sp³-hybridized carbons (Fsp3) is 0.100. The van der Waals surface area contributed by atoms with Crippen LogP contribution < -0.4 is 0 Å². The van der Waals surface area contributed by atoms with Crippen molar-refractivity contribution in [3.8, 4) is 0 Å². The van der Waals surface area contributed by atoms with Crippen LogP contribution in [-0.4, -0.2) is 4.98 Å². The lowest BCUT2D eigenvalue weighted by molar-refractivity contribution is 0.615. The Morgan fingerprint density at radius 1 is 1.38 bits per heavy atom. The standard InChI is InChI=1S/C10H7BrFN/c1-6-7-3-2-4-8(11)10(7)13-5-9(6)12/h2-5H,1H3. The molecule has 0 aliphatic carbocycles. The number of nitrogens with zero attached hydrogens (tertiary/aromatic N) is 1. The van der Waals surface area contributed by atoms with Gasteiger partial charge >= 0.3 is 0 Å². The normalized spacial score (nSPS) is 10.7. The molecule has 13 heavy (non-hydrogen) atoms. The third kappa shape index (κ3) is 1.33. The molecule has 0 unspecified atom stereocenters. The molecule has 1 nitrogen and oxygen atoms in total. The molecule has 3 heteroatoms. The van der Waals surface area contributed by atoms with Crippen molar-refractivity contribution in [1.29, 1.82) is 0 Å². The van der Waals surface area contributed by atoms with Gasteiger partial charge in [-0.05, 0) is 34.5 Å². The van der Waals surface area contributed by atoms with Gasteiger partial charge in [-0.25, -0.2) is 4.39 Å². The van der Waals surface area contributed by atoms with Crippen LogP contribution in [0.25, 0.3) is 10.9 Å². The predicted octanol–water partition coefficient (Wildman–Crippen LogP) is 3.44. The lowest BCUT2D eigenvalue weighted by Gasteiger charge is -2.03. The van der Waals surface area contributed by atoms with E-state index in [0.29, 0.717) is 5.56 Å². The third-order valence-corrected chi connectivity index (χ3v) is 2.70. The second-order valence-corrected chi connectivity index (χ2v) is 3.72. The van der Waals surface area contributed by atoms with Crippen molar-refractivity contribution < 1.29 is 4.39 Å². The minimum Gasteiger partial charge on any atom is -0.252 e. The number of hydrogen-bond donors (Lipinski definition) is 0. The van der Waals surface area contributed by atoms with Gasteiger partial charge in [-0.1, -0.05) is 12.1 Å². The molecule has 1 aromatic heterocycles. The Hall–Kier alpha value is -0.960. The Bertz CT molecular complexity index is 468. The summed E-state index contributed by atoms with van der Waals surface area (Å²) in [6.45, 7) is 1.76. The first-order valence-electron chi connectivity index (χ1n) is 3.89. The summed E-state index contributed by atoms with van der Waals surface area (Å²) < 4.78 is 14.0. The van der Waals surface area contributed by atoms with Crippen molar-refractivity contribution in [1.82, 2.24) is 4.98 Å². The molecule has 0 saturated carbocycles. The van der Waals surface area contributed by atoms with Crippen LogP contribution >= 0.6 is 15.9 Å². The summed E-state index contributed by atoms with van der Waals surface area (Å²) >= 11 is 3.37. The summed E-state index contributed by atoms with van der Waals surface area (Å²) in [5, 5.41) is 0.856. The maximum Gasteiger partial charge on any atom is 0.145 e. The van der Waals surface area contributed by atoms with Crippen LogP contribution in [-0.2, 0) is 0 Å². The van der Waals surface area contributed by atoms with Gasteiger partial charge in [0.05, 0.1) is 11.7 Å². The van der Waals surface area contributed by atoms with Gasteiger partial charge in [0.25, 0.3) is 0 Å². The van der Waals surface area contributed by atoms with Gasteiger partial charge in [0.2, 0.25) is 0 Å². The number of aromatic nitrogens is 1. The Morgan fingerprint density at radius 2 is 2.15 bits per heavy atom. The smallest absolute Gasteiger partial charge is 0.145 e. The van der Waals surface area contributed by atoms with E-state index in [0.717, 1.165) is 15.4 Å². The Balaban J connectivity index is 2.94. The quantitative estimate of drug-likeness (QED) is 0.687. The predicted molar refractivity (Wildman–Crippen MR) is 54.1 cm³/mol. The van der Waals surface area contributed by atoms with Crippen LogP contribution in [0.3, 0.4) is 0 Å². The fourth-order valence-corrected chi connectivity index (χ4v) is 1.76. The van der Waals surface area contributed by atoms with E-state index in [4.69, 9.17) is 0 Å². The highest BCUT2D eigenvalue weighted by Gasteiger charge is 2.05. The van der Waals surface area contributed by atoms with Crippen LogP contribution in [0.2, 0.25) is 0 Å². The Labute approximate surface area is 83.7 Å². The van der Waals surface area contributed by atoms with Crippen LogP contribution in [0.15, 0.2) is 28.9 Å². The third-order valence-electron chi connectivity index (χ3n) is 2.06. The summed E-state index contributed by atoms with van der Waals surface area (Å²) in [7, 11) is 0. The molecule has 1 aromatic carbocycles. The van der Waals surface area contributed by atoms with Crippen molar-refractivity contribution >= 4 is 26.8 Å². The number of hydrogen-bond acceptors (Lipinski definition) is 1. The van der Waals surface area contributed by atoms with Crippen molar-refractivity contribution in [3.05, 3.63) is 40.2 Å². The molecule has 0 N–H and O–H groups in total. The lowest BCUT2D eigenvalue weighted by Crippen LogP contribution is -1.88. The molecule has 0 atom stereocenters. The highest BCUT2D eigenvalue weighted by atomic mass is 79.9. The molecule has 0 radical (unpaired) electrons. The molecule has 2 rings (SSSR count). The zero-order valence-electron chi connectivity index (χ0n) is 7.01. The maximum atomic E-state index is 13.1. The van der Waals surface area contributed by atoms with E-state index in [1.54, 1.807) is 6.92 Å². The SMILES string of the molecule is Cc1c(F)cnc2c(Br)cccc12. The summed E-state index contributed by atoms with van der Waals surface area (Å²) in [5.74, 6) is -0.259. The zero-order chi connectivity index (χ0) is 9.42. The monoisotopic (exact) mass is 239 g/mol. The number of para-hydroxylation sites is 1. The molecule has 66 valence electrons. The number of benzene rings is 1. The summed E-state index contributed by atoms with van der Waals surface area (Å²) in [6.07, 6.45) is 1.25. The first-order valence-corrected chi connectivity index (χ1v) is 4.69. The first kappa shape index (κ1) is 8.63. The van der Waals surface area contributed by atoms with Gasteiger partial charge < -0.3 is 0 Å². The average Bonchev–Trinajstić information content (AvgIpc) is 2.12. The highest BCUT2D eigenvalue weighted by molar-refractivity contribution is 9.10. The van der Waals surface area contributed by atoms with E-state index in [-0.39, 0.29) is 5.82 Å². The number of pyridine rings is 1. The fourth-order valence-electron chi connectivity index (χ4n) is 1.30. The van der Waals surface area contributed by atoms with E-state index < -0.39 is 0 Å². The highest BCUT2D eigenvalue weighted by Crippen LogP contribution is 2.24. The van der Waals surface area contributed by atoms with E-state index in [1.165, 1.54) is 6.20 Å². The summed E-state index contributed by atoms with van der Waals surface area (Å²) in [6, 6.07) is 5.64. The molecular formula is C10H7BrFN. The Kier molecular flexibility index (Phi) is 2.04. The van der Waals surface area contributed by atoms with Crippen LogP contribution in [0, 0.1) is 12.7 Å². The largest absolute Gasteiger partial charge is 0.252 e. The second kappa shape index (κ2) is 3.07. The van der Waals surface area contributed by atoms with Crippen LogP contribution in [0.1, 0.15) is 5.56 Å². The molecule has 0 aliphatic rings. The number of aryl methyl sites for hydroxylation is 1. The van der Waals surface area contributed by atoms with Gasteiger partial charge in [-0.3, -0.25) is 4.98 Å². The lowest BCUT2D eigenvalue weighted by atomic mass is 10.1. The zero-order valence-corrected chi connectivity index (χ0v) is 8.60. The topological polar surface area (TPSA) is 12.9 Å². The number of rotatable bonds is 0. The molecule has 0 fully saturated rings. The van der Waals surface area contributed by atoms with Crippen LogP contribution in [0.4, 0.5) is 4.39 Å². The first-order chi connectivity index (χ1) is 6.20. The van der Waals surface area contributed by atoms with Gasteiger partial charge in [-0.15, -0.1) is 0 Å².